The van der Waals surface area contributed by atoms with E-state index in [4.69, 9.17) is 25.7 Å². The van der Waals surface area contributed by atoms with E-state index in [1.807, 2.05) is 0 Å². The monoisotopic (exact) mass is 536 g/mol. The maximum absolute atomic E-state index is 12.9. The molecule has 11 atom stereocenters. The van der Waals surface area contributed by atoms with Gasteiger partial charge in [-0.1, -0.05) is 20.8 Å². The number of carbonyl (C=O) groups excluding carboxylic acids is 1. The van der Waals surface area contributed by atoms with Crippen molar-refractivity contribution in [3.8, 4) is 0 Å². The van der Waals surface area contributed by atoms with E-state index >= 15 is 0 Å². The van der Waals surface area contributed by atoms with Gasteiger partial charge >= 0.3 is 5.97 Å². The third-order valence-electron chi connectivity index (χ3n) is 13.0. The van der Waals surface area contributed by atoms with Gasteiger partial charge < -0.3 is 25.7 Å². The highest BCUT2D eigenvalue weighted by Crippen LogP contribution is 2.70. The number of benzene rings is 1. The first-order valence-electron chi connectivity index (χ1n) is 15.8. The summed E-state index contributed by atoms with van der Waals surface area (Å²) < 4.78 is 19.3. The molecule has 6 nitrogen and oxygen atoms in total. The molecule has 0 amide bonds. The van der Waals surface area contributed by atoms with Crippen LogP contribution < -0.4 is 11.5 Å². The first kappa shape index (κ1) is 26.1. The van der Waals surface area contributed by atoms with Crippen LogP contribution in [0.3, 0.4) is 0 Å². The Labute approximate surface area is 233 Å². The van der Waals surface area contributed by atoms with E-state index in [1.165, 1.54) is 38.5 Å². The number of anilines is 2. The first-order valence-corrected chi connectivity index (χ1v) is 15.8. The van der Waals surface area contributed by atoms with E-state index in [1.54, 1.807) is 18.2 Å². The van der Waals surface area contributed by atoms with Crippen molar-refractivity contribution < 1.29 is 19.0 Å². The molecular weight excluding hydrogens is 488 g/mol. The van der Waals surface area contributed by atoms with Crippen LogP contribution in [0.15, 0.2) is 18.2 Å². The van der Waals surface area contributed by atoms with Crippen LogP contribution in [0.25, 0.3) is 0 Å². The molecule has 11 unspecified atom stereocenters. The molecule has 4 aliphatic carbocycles. The highest BCUT2D eigenvalue weighted by atomic mass is 16.7. The van der Waals surface area contributed by atoms with E-state index < -0.39 is 0 Å². The topological polar surface area (TPSA) is 96.8 Å². The van der Waals surface area contributed by atoms with Crippen molar-refractivity contribution in [3.05, 3.63) is 23.8 Å². The third-order valence-corrected chi connectivity index (χ3v) is 13.0. The number of hydrogen-bond donors (Lipinski definition) is 2. The molecule has 0 radical (unpaired) electrons. The van der Waals surface area contributed by atoms with Gasteiger partial charge in [0.05, 0.1) is 18.3 Å². The number of ether oxygens (including phenoxy) is 3. The van der Waals surface area contributed by atoms with Gasteiger partial charge in [0.2, 0.25) is 0 Å². The van der Waals surface area contributed by atoms with Crippen molar-refractivity contribution >= 4 is 17.3 Å². The van der Waals surface area contributed by atoms with Crippen LogP contribution in [0.2, 0.25) is 0 Å². The van der Waals surface area contributed by atoms with Crippen LogP contribution in [0.4, 0.5) is 11.4 Å². The second-order valence-corrected chi connectivity index (χ2v) is 14.9. The zero-order valence-corrected chi connectivity index (χ0v) is 24.1. The molecule has 1 aromatic carbocycles. The van der Waals surface area contributed by atoms with Crippen LogP contribution in [-0.4, -0.2) is 30.6 Å². The van der Waals surface area contributed by atoms with E-state index in [9.17, 15) is 4.79 Å². The fraction of sp³-hybridized carbons (Fsp3) is 0.788. The molecule has 39 heavy (non-hydrogen) atoms. The standard InChI is InChI=1S/C33H48N2O4/c1-19-8-13-33(37-18-19)17-27-29(39-33)16-26-23-6-4-20-14-22(38-30(36)24-7-5-21(34)15-28(24)35)9-11-31(20,2)25(23)10-12-32(26,27)3/h5,7,15,19-20,22-23,25-27,29H,4,6,8-14,16-18,34-35H2,1-3H3. The van der Waals surface area contributed by atoms with Gasteiger partial charge in [0.25, 0.3) is 0 Å². The molecule has 1 aromatic rings. The van der Waals surface area contributed by atoms with E-state index in [-0.39, 0.29) is 17.9 Å². The van der Waals surface area contributed by atoms with Gasteiger partial charge in [0.1, 0.15) is 6.10 Å². The van der Waals surface area contributed by atoms with Crippen LogP contribution in [-0.2, 0) is 14.2 Å². The fourth-order valence-corrected chi connectivity index (χ4v) is 10.7. The fourth-order valence-electron chi connectivity index (χ4n) is 10.7. The van der Waals surface area contributed by atoms with Gasteiger partial charge in [-0.2, -0.15) is 0 Å². The highest BCUT2D eigenvalue weighted by Gasteiger charge is 2.66. The number of nitrogens with two attached hydrogens (primary N) is 2. The third kappa shape index (κ3) is 4.06. The predicted molar refractivity (Wildman–Crippen MR) is 152 cm³/mol. The van der Waals surface area contributed by atoms with Crippen LogP contribution in [0.5, 0.6) is 0 Å². The predicted octanol–water partition coefficient (Wildman–Crippen LogP) is 6.58. The van der Waals surface area contributed by atoms with E-state index in [0.717, 1.165) is 56.5 Å². The van der Waals surface area contributed by atoms with E-state index in [0.29, 0.717) is 51.6 Å². The number of nitrogen functional groups attached to an aromatic ring is 2. The quantitative estimate of drug-likeness (QED) is 0.327. The van der Waals surface area contributed by atoms with Crippen molar-refractivity contribution in [2.75, 3.05) is 18.1 Å². The summed E-state index contributed by atoms with van der Waals surface area (Å²) in [6, 6.07) is 5.04. The SMILES string of the molecule is CC1CCC2(CC3C(CC4C5CCC6CC(OC(=O)c7ccc(N)cc7N)CCC6(C)C5CCC34C)O2)OC1. The lowest BCUT2D eigenvalue weighted by Gasteiger charge is -2.61. The first-order chi connectivity index (χ1) is 18.6. The van der Waals surface area contributed by atoms with Gasteiger partial charge in [-0.15, -0.1) is 0 Å². The summed E-state index contributed by atoms with van der Waals surface area (Å²) in [7, 11) is 0. The summed E-state index contributed by atoms with van der Waals surface area (Å²) >= 11 is 0. The van der Waals surface area contributed by atoms with Crippen LogP contribution >= 0.6 is 0 Å². The van der Waals surface area contributed by atoms with Crippen LogP contribution in [0, 0.1) is 46.3 Å². The van der Waals surface area contributed by atoms with Gasteiger partial charge in [0.15, 0.2) is 5.79 Å². The number of fused-ring (bicyclic) bond motifs is 7. The number of carbonyl (C=O) groups is 1. The molecule has 4 N–H and O–H groups in total. The molecule has 6 fully saturated rings. The zero-order chi connectivity index (χ0) is 27.2. The lowest BCUT2D eigenvalue weighted by atomic mass is 9.44. The second-order valence-electron chi connectivity index (χ2n) is 14.9. The molecule has 2 heterocycles. The summed E-state index contributed by atoms with van der Waals surface area (Å²) in [5, 5.41) is 0. The van der Waals surface area contributed by atoms with Gasteiger partial charge in [-0.05, 0) is 122 Å². The molecular formula is C33H48N2O4. The zero-order valence-electron chi connectivity index (χ0n) is 24.1. The normalized spacial score (nSPS) is 48.6. The maximum atomic E-state index is 12.9. The molecule has 2 aliphatic heterocycles. The molecule has 2 saturated heterocycles. The number of rotatable bonds is 2. The summed E-state index contributed by atoms with van der Waals surface area (Å²) in [5.74, 6) is 3.68. The summed E-state index contributed by atoms with van der Waals surface area (Å²) in [6.07, 6.45) is 13.3. The molecule has 0 bridgehead atoms. The molecule has 0 aromatic heterocycles. The van der Waals surface area contributed by atoms with Crippen molar-refractivity contribution in [1.29, 1.82) is 0 Å². The van der Waals surface area contributed by atoms with Gasteiger partial charge in [-0.3, -0.25) is 0 Å². The Bertz CT molecular complexity index is 1130. The molecule has 7 rings (SSSR count). The number of hydrogen-bond acceptors (Lipinski definition) is 6. The largest absolute Gasteiger partial charge is 0.459 e. The minimum absolute atomic E-state index is 0.0217. The number of esters is 1. The molecule has 4 saturated carbocycles. The summed E-state index contributed by atoms with van der Waals surface area (Å²) in [6.45, 7) is 8.34. The minimum Gasteiger partial charge on any atom is -0.459 e. The second kappa shape index (κ2) is 9.11. The van der Waals surface area contributed by atoms with Gasteiger partial charge in [-0.25, -0.2) is 4.79 Å². The lowest BCUT2D eigenvalue weighted by Crippen LogP contribution is -2.54. The maximum Gasteiger partial charge on any atom is 0.340 e. The summed E-state index contributed by atoms with van der Waals surface area (Å²) in [5.41, 5.74) is 14.0. The molecule has 214 valence electrons. The lowest BCUT2D eigenvalue weighted by molar-refractivity contribution is -0.256. The Morgan fingerprint density at radius 2 is 1.77 bits per heavy atom. The Hall–Kier alpha value is -1.79. The van der Waals surface area contributed by atoms with Crippen molar-refractivity contribution in [2.24, 2.45) is 46.3 Å². The van der Waals surface area contributed by atoms with Crippen molar-refractivity contribution in [1.82, 2.24) is 0 Å². The van der Waals surface area contributed by atoms with Crippen LogP contribution in [0.1, 0.15) is 102 Å². The Morgan fingerprint density at radius 3 is 2.54 bits per heavy atom. The average Bonchev–Trinajstić information content (AvgIpc) is 3.39. The Morgan fingerprint density at radius 1 is 0.949 bits per heavy atom. The van der Waals surface area contributed by atoms with Crippen molar-refractivity contribution in [2.45, 2.75) is 109 Å². The average molecular weight is 537 g/mol. The Balaban J connectivity index is 1.02. The smallest absolute Gasteiger partial charge is 0.340 e. The molecule has 1 spiro atoms. The van der Waals surface area contributed by atoms with E-state index in [2.05, 4.69) is 20.8 Å². The Kier molecular flexibility index (Phi) is 6.10. The highest BCUT2D eigenvalue weighted by molar-refractivity contribution is 5.95. The van der Waals surface area contributed by atoms with Crippen molar-refractivity contribution in [3.63, 3.8) is 0 Å². The minimum atomic E-state index is -0.310. The van der Waals surface area contributed by atoms with Gasteiger partial charge in [0, 0.05) is 24.2 Å². The molecule has 6 aliphatic rings. The summed E-state index contributed by atoms with van der Waals surface area (Å²) in [4.78, 5) is 12.9. The molecule has 6 heteroatoms.